The molecule has 0 amide bonds. The summed E-state index contributed by atoms with van der Waals surface area (Å²) >= 11 is 0. The van der Waals surface area contributed by atoms with Crippen LogP contribution in [0.3, 0.4) is 0 Å². The summed E-state index contributed by atoms with van der Waals surface area (Å²) in [5, 5.41) is 26.5. The van der Waals surface area contributed by atoms with Gasteiger partial charge in [-0.05, 0) is 210 Å². The van der Waals surface area contributed by atoms with Crippen molar-refractivity contribution in [1.29, 1.82) is 0 Å². The van der Waals surface area contributed by atoms with E-state index in [1.807, 2.05) is 210 Å². The van der Waals surface area contributed by atoms with Crippen molar-refractivity contribution in [2.75, 3.05) is 0 Å². The molecule has 689 valence electrons. The molecule has 0 aliphatic carbocycles. The van der Waals surface area contributed by atoms with E-state index in [0.717, 1.165) is 157 Å². The number of pyridine rings is 6. The molecule has 0 unspecified atom stereocenters. The van der Waals surface area contributed by atoms with E-state index in [4.69, 9.17) is 10.2 Å². The quantitative estimate of drug-likeness (QED) is 0.0146. The molecule has 0 spiro atoms. The number of aliphatic hydroxyl groups is 3. The molecule has 0 atom stereocenters. The summed E-state index contributed by atoms with van der Waals surface area (Å²) in [5.74, 6) is 0.422. The zero-order chi connectivity index (χ0) is 91.4. The fourth-order valence-corrected chi connectivity index (χ4v) is 14.7. The van der Waals surface area contributed by atoms with Gasteiger partial charge in [0.2, 0.25) is 0 Å². The predicted octanol–water partition coefficient (Wildman–Crippen LogP) is 27.4. The molecule has 3 radical (unpaired) electrons. The molecule has 0 aliphatic heterocycles. The predicted molar refractivity (Wildman–Crippen MR) is 527 cm³/mol. The van der Waals surface area contributed by atoms with Crippen LogP contribution in [0.25, 0.3) is 67.5 Å². The summed E-state index contributed by atoms with van der Waals surface area (Å²) in [6, 6.07) is 112. The van der Waals surface area contributed by atoms with Gasteiger partial charge < -0.3 is 45.2 Å². The molecule has 0 saturated carbocycles. The number of carbonyl (C=O) groups is 3. The van der Waals surface area contributed by atoms with Crippen LogP contribution in [0.1, 0.15) is 175 Å². The second-order valence-electron chi connectivity index (χ2n) is 32.0. The Labute approximate surface area is 825 Å². The van der Waals surface area contributed by atoms with Crippen LogP contribution in [-0.4, -0.2) is 62.6 Å². The van der Waals surface area contributed by atoms with Crippen molar-refractivity contribution in [3.8, 4) is 67.5 Å². The van der Waals surface area contributed by atoms with Crippen molar-refractivity contribution in [2.24, 2.45) is 11.8 Å². The first-order chi connectivity index (χ1) is 62.9. The van der Waals surface area contributed by atoms with Gasteiger partial charge in [-0.2, -0.15) is 0 Å². The molecule has 0 aliphatic rings. The molecular weight excluding hydrogens is 2160 g/mol. The van der Waals surface area contributed by atoms with Crippen LogP contribution >= 0.6 is 0 Å². The number of ketones is 3. The number of nitrogens with zero attached hydrogens (tertiary/aromatic N) is 6. The molecule has 8 aromatic carbocycles. The van der Waals surface area contributed by atoms with E-state index < -0.39 is 0 Å². The van der Waals surface area contributed by atoms with Crippen molar-refractivity contribution >= 4 is 17.3 Å². The zero-order valence-corrected chi connectivity index (χ0v) is 84.3. The maximum absolute atomic E-state index is 11.7. The van der Waals surface area contributed by atoms with Gasteiger partial charge in [0.25, 0.3) is 0 Å². The first-order valence-electron chi connectivity index (χ1n) is 45.3. The summed E-state index contributed by atoms with van der Waals surface area (Å²) in [7, 11) is 0. The molecule has 14 aromatic rings. The van der Waals surface area contributed by atoms with Crippen molar-refractivity contribution in [3.05, 3.63) is 432 Å². The van der Waals surface area contributed by atoms with Crippen LogP contribution in [-0.2, 0) is 139 Å². The minimum atomic E-state index is -0.125. The van der Waals surface area contributed by atoms with Crippen LogP contribution in [0.5, 0.6) is 0 Å². The van der Waals surface area contributed by atoms with E-state index in [0.29, 0.717) is 0 Å². The van der Waals surface area contributed by atoms with Crippen molar-refractivity contribution < 1.29 is 90.0 Å². The topological polar surface area (TPSA) is 189 Å². The second kappa shape index (κ2) is 62.6. The standard InChI is InChI=1S/2C32H26N2.C30H30N2.C13H24O2.2C5H8O2.3Ir/c2*1-3-21-33-31(11-1)29-9-5-7-27(23-29)19-17-25-13-15-26(16-14-25)18-20-28-8-6-10-30(24-28)32-12-2-4-22-34-32;1(3-5-13-25-15-11-17-27(23-25)29-19-7-9-21-31-29)2-4-6-14-26-16-12-18-28(24-26)30-20-8-10-22-32-30;1-5-10(6-2)12(14)9-13(15)11(7-3)8-4;2*1-4(6)3-5(2)7;;;/h2*1-8,11-16,21-24H,17-20H2;7-12,15-16,19-24H,1-6,13-14H2;9-11,14H,5-8H2,1-4H3;2*3,6H,1-2H3;;;/q3*-2;;;;;;. The number of allylic oxidation sites excluding steroid dienone is 6. The third kappa shape index (κ3) is 40.9. The van der Waals surface area contributed by atoms with E-state index >= 15 is 0 Å². The molecule has 132 heavy (non-hydrogen) atoms. The number of hydrogen-bond acceptors (Lipinski definition) is 12. The molecule has 6 aromatic heterocycles. The van der Waals surface area contributed by atoms with Crippen LogP contribution in [0, 0.1) is 48.2 Å². The van der Waals surface area contributed by atoms with Crippen LogP contribution in [0.4, 0.5) is 0 Å². The Morgan fingerprint density at radius 1 is 0.265 bits per heavy atom. The minimum absolute atomic E-state index is 0. The van der Waals surface area contributed by atoms with Gasteiger partial charge in [0, 0.05) is 128 Å². The fourth-order valence-electron chi connectivity index (χ4n) is 14.7. The van der Waals surface area contributed by atoms with Crippen LogP contribution in [0.2, 0.25) is 0 Å². The molecule has 0 bridgehead atoms. The summed E-state index contributed by atoms with van der Waals surface area (Å²) in [6.07, 6.45) is 36.3. The number of unbranched alkanes of at least 4 members (excludes halogenated alkanes) is 5. The molecule has 12 nitrogen and oxygen atoms in total. The van der Waals surface area contributed by atoms with Gasteiger partial charge in [-0.3, -0.25) is 14.4 Å². The average Bonchev–Trinajstić information content (AvgIpc) is 0.862. The molecule has 3 N–H and O–H groups in total. The maximum atomic E-state index is 11.7. The Morgan fingerprint density at radius 3 is 0.652 bits per heavy atom. The number of aryl methyl sites for hydroxylation is 10. The average molecular weight is 2280 g/mol. The summed E-state index contributed by atoms with van der Waals surface area (Å²) in [5.41, 5.74) is 25.7. The Hall–Kier alpha value is -11.8. The van der Waals surface area contributed by atoms with E-state index in [1.54, 1.807) is 0 Å². The van der Waals surface area contributed by atoms with Gasteiger partial charge in [-0.15, -0.1) is 212 Å². The molecule has 0 fully saturated rings. The van der Waals surface area contributed by atoms with Gasteiger partial charge in [0.05, 0.1) is 17.3 Å². The van der Waals surface area contributed by atoms with Crippen LogP contribution < -0.4 is 0 Å². The molecule has 0 saturated heterocycles. The first-order valence-corrected chi connectivity index (χ1v) is 45.3. The zero-order valence-electron chi connectivity index (χ0n) is 77.1. The van der Waals surface area contributed by atoms with Gasteiger partial charge in [0.15, 0.2) is 17.3 Å². The van der Waals surface area contributed by atoms with E-state index in [-0.39, 0.29) is 107 Å². The monoisotopic (exact) mass is 2290 g/mol. The fraction of sp³-hybridized carbons (Fsp3) is 0.256. The Bertz CT molecular complexity index is 5170. The Balaban J connectivity index is 0.000000262. The largest absolute Gasteiger partial charge is 0.512 e. The smallest absolute Gasteiger partial charge is 0.162 e. The number of aromatic nitrogens is 6. The van der Waals surface area contributed by atoms with E-state index in [1.165, 1.54) is 140 Å². The maximum Gasteiger partial charge on any atom is 0.162 e. The van der Waals surface area contributed by atoms with E-state index in [9.17, 15) is 19.5 Å². The summed E-state index contributed by atoms with van der Waals surface area (Å²) in [4.78, 5) is 58.4. The van der Waals surface area contributed by atoms with Crippen molar-refractivity contribution in [3.63, 3.8) is 0 Å². The number of rotatable bonds is 36. The number of aliphatic hydroxyl groups excluding tert-OH is 3. The van der Waals surface area contributed by atoms with E-state index in [2.05, 4.69) is 188 Å². The summed E-state index contributed by atoms with van der Waals surface area (Å²) in [6.45, 7) is 13.8. The molecule has 14 rings (SSSR count). The van der Waals surface area contributed by atoms with Crippen LogP contribution in [0.15, 0.2) is 340 Å². The van der Waals surface area contributed by atoms with Gasteiger partial charge in [0.1, 0.15) is 0 Å². The number of carbonyl (C=O) groups excluding carboxylic acids is 3. The Morgan fingerprint density at radius 2 is 0.470 bits per heavy atom. The third-order valence-electron chi connectivity index (χ3n) is 21.8. The van der Waals surface area contributed by atoms with Gasteiger partial charge >= 0.3 is 0 Å². The number of benzene rings is 8. The third-order valence-corrected chi connectivity index (χ3v) is 21.8. The Kier molecular flexibility index (Phi) is 51.7. The van der Waals surface area contributed by atoms with Gasteiger partial charge in [-0.25, -0.2) is 0 Å². The molecular formula is C117H122Ir3N6O6-6. The van der Waals surface area contributed by atoms with Gasteiger partial charge in [-0.1, -0.05) is 188 Å². The minimum Gasteiger partial charge on any atom is -0.512 e. The van der Waals surface area contributed by atoms with Crippen molar-refractivity contribution in [1.82, 2.24) is 29.9 Å². The first kappa shape index (κ1) is 109. The summed E-state index contributed by atoms with van der Waals surface area (Å²) < 4.78 is 0. The number of hydrogen-bond donors (Lipinski definition) is 3. The SMILES string of the molecule is CC(=O)C=C(C)O.CC(=O)C=C(C)O.CCC(CC)C(=O)C=C(O)C(CC)CC.[Ir].[Ir].[Ir].[c-]1ccc(CCCCCCCCc2cc[c-]c(-c3ccccn3)c2)cc1-c1ccccn1.[c-]1ccc(CCc2ccc(CCc3cc[c-]c(-c4ccccn4)c3)cc2)cc1-c1ccccn1.[c-]1ccc(CCc2ccc(CCc3cc[c-]c(-c4ccccn4)c3)cc2)cc1-c1ccccn1. The normalized spacial score (nSPS) is 10.8. The second-order valence-corrected chi connectivity index (χ2v) is 32.0. The molecule has 15 heteroatoms. The van der Waals surface area contributed by atoms with Crippen molar-refractivity contribution in [2.45, 2.75) is 184 Å². The molecule has 6 heterocycles.